The number of anilines is 2. The van der Waals surface area contributed by atoms with Crippen LogP contribution in [0.15, 0.2) is 61.2 Å². The van der Waals surface area contributed by atoms with Gasteiger partial charge < -0.3 is 15.0 Å². The van der Waals surface area contributed by atoms with Crippen LogP contribution in [0.3, 0.4) is 0 Å². The van der Waals surface area contributed by atoms with Crippen molar-refractivity contribution in [2.24, 2.45) is 0 Å². The van der Waals surface area contributed by atoms with Crippen LogP contribution in [-0.4, -0.2) is 12.5 Å². The molecule has 2 aromatic carbocycles. The van der Waals surface area contributed by atoms with Crippen molar-refractivity contribution in [3.05, 3.63) is 72.3 Å². The second-order valence-electron chi connectivity index (χ2n) is 5.47. The third-order valence-corrected chi connectivity index (χ3v) is 4.20. The predicted octanol–water partition coefficient (Wildman–Crippen LogP) is 3.01. The molecular formula is C18H16N2O2. The predicted molar refractivity (Wildman–Crippen MR) is 85.5 cm³/mol. The minimum absolute atomic E-state index is 0.0943. The molecule has 4 heteroatoms. The van der Waals surface area contributed by atoms with E-state index in [1.807, 2.05) is 48.5 Å². The van der Waals surface area contributed by atoms with Gasteiger partial charge in [0.2, 0.25) is 5.72 Å². The molecule has 1 amide bonds. The van der Waals surface area contributed by atoms with Crippen LogP contribution in [0.5, 0.6) is 0 Å². The van der Waals surface area contributed by atoms with Crippen LogP contribution in [0.2, 0.25) is 0 Å². The third kappa shape index (κ3) is 1.64. The van der Waals surface area contributed by atoms with E-state index in [0.717, 1.165) is 22.5 Å². The zero-order valence-corrected chi connectivity index (χ0v) is 12.1. The Labute approximate surface area is 129 Å². The van der Waals surface area contributed by atoms with Crippen LogP contribution in [-0.2, 0) is 21.9 Å². The van der Waals surface area contributed by atoms with E-state index in [-0.39, 0.29) is 5.91 Å². The molecule has 0 aliphatic carbocycles. The third-order valence-electron chi connectivity index (χ3n) is 4.20. The highest BCUT2D eigenvalue weighted by atomic mass is 16.5. The Hall–Kier alpha value is -2.59. The van der Waals surface area contributed by atoms with Gasteiger partial charge in [-0.3, -0.25) is 4.79 Å². The lowest BCUT2D eigenvalue weighted by Crippen LogP contribution is -2.50. The van der Waals surface area contributed by atoms with Crippen LogP contribution < -0.4 is 10.2 Å². The quantitative estimate of drug-likeness (QED) is 0.865. The highest BCUT2D eigenvalue weighted by molar-refractivity contribution is 6.08. The largest absolute Gasteiger partial charge is 0.345 e. The summed E-state index contributed by atoms with van der Waals surface area (Å²) in [5, 5.41) is 3.32. The lowest BCUT2D eigenvalue weighted by Gasteiger charge is -2.35. The normalized spacial score (nSPS) is 22.2. The molecule has 2 heterocycles. The summed E-state index contributed by atoms with van der Waals surface area (Å²) in [6, 6.07) is 15.6. The molecule has 110 valence electrons. The van der Waals surface area contributed by atoms with E-state index >= 15 is 0 Å². The van der Waals surface area contributed by atoms with Crippen molar-refractivity contribution in [3.8, 4) is 0 Å². The lowest BCUT2D eigenvalue weighted by atomic mass is 10.0. The fraction of sp³-hybridized carbons (Fsp3) is 0.167. The summed E-state index contributed by atoms with van der Waals surface area (Å²) < 4.78 is 6.03. The number of fused-ring (bicyclic) bond motifs is 3. The van der Waals surface area contributed by atoms with E-state index in [1.54, 1.807) is 11.0 Å². The molecule has 2 aromatic rings. The maximum absolute atomic E-state index is 13.0. The van der Waals surface area contributed by atoms with Gasteiger partial charge in [0.05, 0.1) is 12.3 Å². The number of benzene rings is 2. The first-order valence-electron chi connectivity index (χ1n) is 7.29. The Morgan fingerprint density at radius 2 is 2.00 bits per heavy atom. The molecule has 0 aromatic heterocycles. The van der Waals surface area contributed by atoms with Gasteiger partial charge in [0.15, 0.2) is 0 Å². The first-order valence-corrected chi connectivity index (χ1v) is 7.29. The minimum Gasteiger partial charge on any atom is -0.345 e. The molecule has 0 saturated carbocycles. The van der Waals surface area contributed by atoms with Crippen molar-refractivity contribution in [1.29, 1.82) is 0 Å². The van der Waals surface area contributed by atoms with Gasteiger partial charge in [0, 0.05) is 23.4 Å². The number of hydrogen-bond donors (Lipinski definition) is 1. The van der Waals surface area contributed by atoms with E-state index in [0.29, 0.717) is 13.2 Å². The van der Waals surface area contributed by atoms with Crippen LogP contribution in [0.4, 0.5) is 11.4 Å². The number of amides is 1. The maximum Gasteiger partial charge on any atom is 0.285 e. The molecule has 0 radical (unpaired) electrons. The van der Waals surface area contributed by atoms with Gasteiger partial charge in [-0.25, -0.2) is 0 Å². The summed E-state index contributed by atoms with van der Waals surface area (Å²) in [4.78, 5) is 14.7. The number of ether oxygens (including phenoxy) is 1. The van der Waals surface area contributed by atoms with Crippen molar-refractivity contribution in [1.82, 2.24) is 0 Å². The second kappa shape index (κ2) is 4.71. The van der Waals surface area contributed by atoms with Crippen molar-refractivity contribution in [2.45, 2.75) is 12.3 Å². The summed E-state index contributed by atoms with van der Waals surface area (Å²) in [5.74, 6) is -0.0943. The fourth-order valence-electron chi connectivity index (χ4n) is 3.17. The first-order chi connectivity index (χ1) is 10.8. The number of hydrogen-bond acceptors (Lipinski definition) is 3. The second-order valence-corrected chi connectivity index (χ2v) is 5.47. The Kier molecular flexibility index (Phi) is 2.81. The molecule has 22 heavy (non-hydrogen) atoms. The number of carbonyl (C=O) groups is 1. The van der Waals surface area contributed by atoms with Gasteiger partial charge >= 0.3 is 0 Å². The Balaban J connectivity index is 1.86. The molecule has 4 rings (SSSR count). The molecule has 1 spiro atoms. The van der Waals surface area contributed by atoms with Crippen molar-refractivity contribution in [2.75, 3.05) is 16.8 Å². The summed E-state index contributed by atoms with van der Waals surface area (Å²) in [6.45, 7) is 4.62. The summed E-state index contributed by atoms with van der Waals surface area (Å²) in [5.41, 5.74) is 2.60. The number of nitrogens with zero attached hydrogens (tertiary/aromatic N) is 1. The lowest BCUT2D eigenvalue weighted by molar-refractivity contribution is -0.142. The number of nitrogens with one attached hydrogen (secondary N) is 1. The highest BCUT2D eigenvalue weighted by Crippen LogP contribution is 2.46. The van der Waals surface area contributed by atoms with Crippen LogP contribution >= 0.6 is 0 Å². The zero-order chi connectivity index (χ0) is 15.2. The number of rotatable bonds is 2. The van der Waals surface area contributed by atoms with Crippen LogP contribution in [0.1, 0.15) is 11.1 Å². The molecular weight excluding hydrogens is 276 g/mol. The molecule has 2 aliphatic heterocycles. The summed E-state index contributed by atoms with van der Waals surface area (Å²) in [7, 11) is 0. The molecule has 0 bridgehead atoms. The Bertz CT molecular complexity index is 771. The van der Waals surface area contributed by atoms with Crippen molar-refractivity contribution >= 4 is 17.3 Å². The smallest absolute Gasteiger partial charge is 0.285 e. The number of para-hydroxylation sites is 2. The monoisotopic (exact) mass is 292 g/mol. The zero-order valence-electron chi connectivity index (χ0n) is 12.1. The Morgan fingerprint density at radius 1 is 1.23 bits per heavy atom. The topological polar surface area (TPSA) is 41.6 Å². The van der Waals surface area contributed by atoms with Gasteiger partial charge in [-0.1, -0.05) is 42.5 Å². The van der Waals surface area contributed by atoms with Gasteiger partial charge in [0.1, 0.15) is 0 Å². The number of carbonyl (C=O) groups excluding carboxylic acids is 1. The van der Waals surface area contributed by atoms with E-state index in [1.165, 1.54) is 0 Å². The fourth-order valence-corrected chi connectivity index (χ4v) is 3.17. The highest BCUT2D eigenvalue weighted by Gasteiger charge is 2.53. The van der Waals surface area contributed by atoms with Crippen molar-refractivity contribution < 1.29 is 9.53 Å². The van der Waals surface area contributed by atoms with E-state index in [9.17, 15) is 4.79 Å². The molecule has 1 atom stereocenters. The molecule has 0 unspecified atom stereocenters. The molecule has 1 N–H and O–H groups in total. The van der Waals surface area contributed by atoms with E-state index in [4.69, 9.17) is 4.74 Å². The summed E-state index contributed by atoms with van der Waals surface area (Å²) in [6.07, 6.45) is 1.73. The van der Waals surface area contributed by atoms with Crippen LogP contribution in [0.25, 0.3) is 0 Å². The van der Waals surface area contributed by atoms with Gasteiger partial charge in [-0.2, -0.15) is 0 Å². The molecule has 0 fully saturated rings. The van der Waals surface area contributed by atoms with E-state index < -0.39 is 5.72 Å². The molecule has 0 saturated heterocycles. The van der Waals surface area contributed by atoms with Gasteiger partial charge in [-0.05, 0) is 12.1 Å². The molecule has 4 nitrogen and oxygen atoms in total. The van der Waals surface area contributed by atoms with Gasteiger partial charge in [0.25, 0.3) is 5.91 Å². The average Bonchev–Trinajstić information content (AvgIpc) is 2.78. The van der Waals surface area contributed by atoms with Crippen LogP contribution in [0, 0.1) is 0 Å². The minimum atomic E-state index is -1.13. The SMILES string of the molecule is C=CCN1C(=O)[C@]2(Nc3ccccc3CO2)c2ccccc21. The Morgan fingerprint density at radius 3 is 2.86 bits per heavy atom. The van der Waals surface area contributed by atoms with Crippen molar-refractivity contribution in [3.63, 3.8) is 0 Å². The first kappa shape index (κ1) is 13.1. The average molecular weight is 292 g/mol. The summed E-state index contributed by atoms with van der Waals surface area (Å²) >= 11 is 0. The standard InChI is InChI=1S/C18H16N2O2/c1-2-11-20-16-10-6-4-8-14(16)18(17(20)21)19-15-9-5-3-7-13(15)12-22-18/h2-10,19H,1,11-12H2/t18-/m0/s1. The molecule has 2 aliphatic rings. The maximum atomic E-state index is 13.0. The van der Waals surface area contributed by atoms with Gasteiger partial charge in [-0.15, -0.1) is 6.58 Å². The van der Waals surface area contributed by atoms with E-state index in [2.05, 4.69) is 11.9 Å².